The Bertz CT molecular complexity index is 772. The number of halogens is 2. The zero-order chi connectivity index (χ0) is 17.8. The summed E-state index contributed by atoms with van der Waals surface area (Å²) in [5.74, 6) is -1.75. The van der Waals surface area contributed by atoms with E-state index in [1.807, 2.05) is 6.92 Å². The van der Waals surface area contributed by atoms with Crippen molar-refractivity contribution in [3.63, 3.8) is 0 Å². The summed E-state index contributed by atoms with van der Waals surface area (Å²) >= 11 is 0. The number of rotatable bonds is 5. The van der Waals surface area contributed by atoms with Crippen molar-refractivity contribution in [1.29, 1.82) is 0 Å². The van der Waals surface area contributed by atoms with Gasteiger partial charge in [-0.2, -0.15) is 0 Å². The average molecular weight is 348 g/mol. The SMILES string of the molecule is CC1CC(C(=O)NCc2cccnc2Oc2ccc(F)c(F)c2)NN1. The van der Waals surface area contributed by atoms with Crippen LogP contribution < -0.4 is 20.9 Å². The van der Waals surface area contributed by atoms with Crippen LogP contribution >= 0.6 is 0 Å². The summed E-state index contributed by atoms with van der Waals surface area (Å²) in [5, 5.41) is 2.81. The molecule has 1 aliphatic rings. The highest BCUT2D eigenvalue weighted by Crippen LogP contribution is 2.24. The van der Waals surface area contributed by atoms with E-state index < -0.39 is 11.6 Å². The Labute approximate surface area is 143 Å². The molecule has 2 unspecified atom stereocenters. The van der Waals surface area contributed by atoms with E-state index in [2.05, 4.69) is 21.2 Å². The number of pyridine rings is 1. The van der Waals surface area contributed by atoms with Gasteiger partial charge in [-0.1, -0.05) is 6.07 Å². The molecule has 2 atom stereocenters. The van der Waals surface area contributed by atoms with Crippen molar-refractivity contribution < 1.29 is 18.3 Å². The van der Waals surface area contributed by atoms with Crippen molar-refractivity contribution in [3.05, 3.63) is 53.7 Å². The number of nitrogens with zero attached hydrogens (tertiary/aromatic N) is 1. The third-order valence-corrected chi connectivity index (χ3v) is 3.82. The maximum Gasteiger partial charge on any atom is 0.238 e. The van der Waals surface area contributed by atoms with Crippen LogP contribution in [0.2, 0.25) is 0 Å². The van der Waals surface area contributed by atoms with Crippen molar-refractivity contribution in [2.75, 3.05) is 0 Å². The Morgan fingerprint density at radius 3 is 2.88 bits per heavy atom. The molecule has 0 bridgehead atoms. The lowest BCUT2D eigenvalue weighted by atomic mass is 10.1. The van der Waals surface area contributed by atoms with Crippen molar-refractivity contribution in [2.45, 2.75) is 32.0 Å². The first-order valence-corrected chi connectivity index (χ1v) is 7.88. The summed E-state index contributed by atoms with van der Waals surface area (Å²) in [4.78, 5) is 16.2. The third-order valence-electron chi connectivity index (χ3n) is 3.82. The first kappa shape index (κ1) is 17.2. The third kappa shape index (κ3) is 4.28. The molecule has 0 saturated carbocycles. The fourth-order valence-electron chi connectivity index (χ4n) is 2.49. The number of benzene rings is 1. The van der Waals surface area contributed by atoms with Crippen LogP contribution in [0.4, 0.5) is 8.78 Å². The molecule has 2 heterocycles. The predicted octanol–water partition coefficient (Wildman–Crippen LogP) is 2.02. The number of hydrazine groups is 1. The number of hydrogen-bond donors (Lipinski definition) is 3. The standard InChI is InChI=1S/C17H18F2N4O2/c1-10-7-15(23-22-10)16(24)21-9-11-3-2-6-20-17(11)25-12-4-5-13(18)14(19)8-12/h2-6,8,10,15,22-23H,7,9H2,1H3,(H,21,24). The summed E-state index contributed by atoms with van der Waals surface area (Å²) in [6, 6.07) is 6.60. The van der Waals surface area contributed by atoms with E-state index >= 15 is 0 Å². The Morgan fingerprint density at radius 1 is 1.32 bits per heavy atom. The fraction of sp³-hybridized carbons (Fsp3) is 0.294. The molecule has 0 radical (unpaired) electrons. The van der Waals surface area contributed by atoms with Crippen molar-refractivity contribution >= 4 is 5.91 Å². The van der Waals surface area contributed by atoms with Gasteiger partial charge in [-0.25, -0.2) is 19.2 Å². The number of hydrogen-bond acceptors (Lipinski definition) is 5. The molecule has 1 saturated heterocycles. The van der Waals surface area contributed by atoms with Crippen LogP contribution in [0.15, 0.2) is 36.5 Å². The highest BCUT2D eigenvalue weighted by molar-refractivity contribution is 5.82. The minimum atomic E-state index is -1.00. The van der Waals surface area contributed by atoms with Gasteiger partial charge in [-0.05, 0) is 31.5 Å². The van der Waals surface area contributed by atoms with Crippen LogP contribution in [0.1, 0.15) is 18.9 Å². The lowest BCUT2D eigenvalue weighted by Crippen LogP contribution is -2.43. The molecule has 1 aromatic heterocycles. The van der Waals surface area contributed by atoms with Crippen molar-refractivity contribution in [3.8, 4) is 11.6 Å². The monoisotopic (exact) mass is 348 g/mol. The number of nitrogens with one attached hydrogen (secondary N) is 3. The van der Waals surface area contributed by atoms with Crippen LogP contribution in [0.3, 0.4) is 0 Å². The largest absolute Gasteiger partial charge is 0.439 e. The molecule has 0 aliphatic carbocycles. The maximum atomic E-state index is 13.3. The van der Waals surface area contributed by atoms with Gasteiger partial charge in [0.1, 0.15) is 11.8 Å². The molecule has 8 heteroatoms. The van der Waals surface area contributed by atoms with Gasteiger partial charge >= 0.3 is 0 Å². The molecule has 1 fully saturated rings. The molecule has 3 rings (SSSR count). The molecule has 3 N–H and O–H groups in total. The van der Waals surface area contributed by atoms with Crippen LogP contribution in [0.25, 0.3) is 0 Å². The van der Waals surface area contributed by atoms with Crippen LogP contribution in [0, 0.1) is 11.6 Å². The summed E-state index contributed by atoms with van der Waals surface area (Å²) in [6.45, 7) is 2.19. The lowest BCUT2D eigenvalue weighted by molar-refractivity contribution is -0.123. The smallest absolute Gasteiger partial charge is 0.238 e. The molecular weight excluding hydrogens is 330 g/mol. The second-order valence-electron chi connectivity index (χ2n) is 5.84. The van der Waals surface area contributed by atoms with Gasteiger partial charge in [0.25, 0.3) is 0 Å². The normalized spacial score (nSPS) is 19.6. The highest BCUT2D eigenvalue weighted by atomic mass is 19.2. The van der Waals surface area contributed by atoms with Gasteiger partial charge in [0.15, 0.2) is 11.6 Å². The number of amides is 1. The summed E-state index contributed by atoms with van der Waals surface area (Å²) in [6.07, 6.45) is 2.21. The van der Waals surface area contributed by atoms with Gasteiger partial charge < -0.3 is 10.1 Å². The van der Waals surface area contributed by atoms with Gasteiger partial charge in [0.2, 0.25) is 11.8 Å². The van der Waals surface area contributed by atoms with Crippen LogP contribution in [-0.2, 0) is 11.3 Å². The number of ether oxygens (including phenoxy) is 1. The van der Waals surface area contributed by atoms with Crippen molar-refractivity contribution in [1.82, 2.24) is 21.2 Å². The van der Waals surface area contributed by atoms with Gasteiger partial charge in [-0.15, -0.1) is 0 Å². The minimum absolute atomic E-state index is 0.126. The van der Waals surface area contributed by atoms with E-state index in [9.17, 15) is 13.6 Å². The molecule has 132 valence electrons. The predicted molar refractivity (Wildman–Crippen MR) is 86.7 cm³/mol. The molecule has 2 aromatic rings. The zero-order valence-corrected chi connectivity index (χ0v) is 13.6. The summed E-state index contributed by atoms with van der Waals surface area (Å²) < 4.78 is 31.8. The molecule has 0 spiro atoms. The number of carbonyl (C=O) groups excluding carboxylic acids is 1. The summed E-state index contributed by atoms with van der Waals surface area (Å²) in [7, 11) is 0. The van der Waals surface area contributed by atoms with Crippen LogP contribution in [0.5, 0.6) is 11.6 Å². The first-order valence-electron chi connectivity index (χ1n) is 7.88. The zero-order valence-electron chi connectivity index (χ0n) is 13.6. The quantitative estimate of drug-likeness (QED) is 0.771. The fourth-order valence-corrected chi connectivity index (χ4v) is 2.49. The maximum absolute atomic E-state index is 13.3. The van der Waals surface area contributed by atoms with E-state index in [1.54, 1.807) is 12.1 Å². The van der Waals surface area contributed by atoms with Crippen LogP contribution in [-0.4, -0.2) is 23.0 Å². The Kier molecular flexibility index (Phi) is 5.20. The van der Waals surface area contributed by atoms with E-state index in [0.717, 1.165) is 12.1 Å². The van der Waals surface area contributed by atoms with Gasteiger partial charge in [0.05, 0.1) is 0 Å². The molecule has 25 heavy (non-hydrogen) atoms. The minimum Gasteiger partial charge on any atom is -0.439 e. The first-order chi connectivity index (χ1) is 12.0. The Hall–Kier alpha value is -2.58. The molecule has 1 amide bonds. The molecule has 6 nitrogen and oxygen atoms in total. The molecule has 1 aromatic carbocycles. The Morgan fingerprint density at radius 2 is 2.16 bits per heavy atom. The van der Waals surface area contributed by atoms with Gasteiger partial charge in [0, 0.05) is 30.4 Å². The second-order valence-corrected chi connectivity index (χ2v) is 5.84. The van der Waals surface area contributed by atoms with E-state index in [4.69, 9.17) is 4.74 Å². The Balaban J connectivity index is 1.66. The molecule has 1 aliphatic heterocycles. The van der Waals surface area contributed by atoms with E-state index in [1.165, 1.54) is 12.3 Å². The molecular formula is C17H18F2N4O2. The highest BCUT2D eigenvalue weighted by Gasteiger charge is 2.26. The number of aromatic nitrogens is 1. The average Bonchev–Trinajstić information content (AvgIpc) is 3.04. The van der Waals surface area contributed by atoms with Gasteiger partial charge in [-0.3, -0.25) is 10.2 Å². The lowest BCUT2D eigenvalue weighted by Gasteiger charge is -2.13. The van der Waals surface area contributed by atoms with E-state index in [0.29, 0.717) is 12.0 Å². The topological polar surface area (TPSA) is 75.3 Å². The van der Waals surface area contributed by atoms with Crippen molar-refractivity contribution in [2.24, 2.45) is 0 Å². The second kappa shape index (κ2) is 7.54. The number of carbonyl (C=O) groups is 1. The summed E-state index contributed by atoms with van der Waals surface area (Å²) in [5.41, 5.74) is 6.54. The van der Waals surface area contributed by atoms with E-state index in [-0.39, 0.29) is 36.2 Å².